The predicted octanol–water partition coefficient (Wildman–Crippen LogP) is 2.40. The van der Waals surface area contributed by atoms with Crippen LogP contribution in [0.15, 0.2) is 41.5 Å². The Morgan fingerprint density at radius 3 is 2.45 bits per heavy atom. The van der Waals surface area contributed by atoms with Crippen molar-refractivity contribution in [3.05, 3.63) is 63.8 Å². The SMILES string of the molecule is CCc1cc2ncc(CN3CCN(c4ccc(C(=O)NC5CCN(CC6CCNCC6)CC5)nc4)CC3)cc2[nH]c1=O. The molecule has 224 valence electrons. The van der Waals surface area contributed by atoms with E-state index in [0.717, 1.165) is 106 Å². The van der Waals surface area contributed by atoms with Gasteiger partial charge in [-0.2, -0.15) is 0 Å². The van der Waals surface area contributed by atoms with E-state index in [1.54, 1.807) is 0 Å². The Labute approximate surface area is 247 Å². The molecule has 0 atom stereocenters. The number of nitrogens with zero attached hydrogens (tertiary/aromatic N) is 5. The zero-order valence-corrected chi connectivity index (χ0v) is 24.8. The summed E-state index contributed by atoms with van der Waals surface area (Å²) in [5.41, 5.74) is 5.00. The Hall–Kier alpha value is -3.34. The second-order valence-corrected chi connectivity index (χ2v) is 12.2. The van der Waals surface area contributed by atoms with Crippen molar-refractivity contribution in [2.45, 2.75) is 51.6 Å². The number of piperazine rings is 1. The fourth-order valence-electron chi connectivity index (χ4n) is 6.59. The van der Waals surface area contributed by atoms with Crippen molar-refractivity contribution in [2.24, 2.45) is 5.92 Å². The van der Waals surface area contributed by atoms with Gasteiger partial charge in [0.1, 0.15) is 5.69 Å². The van der Waals surface area contributed by atoms with Gasteiger partial charge in [0, 0.05) is 70.2 Å². The van der Waals surface area contributed by atoms with E-state index in [-0.39, 0.29) is 17.5 Å². The van der Waals surface area contributed by atoms with Crippen molar-refractivity contribution in [3.8, 4) is 0 Å². The van der Waals surface area contributed by atoms with Crippen molar-refractivity contribution in [1.82, 2.24) is 35.4 Å². The molecule has 0 unspecified atom stereocenters. The molecule has 3 saturated heterocycles. The second kappa shape index (κ2) is 13.3. The van der Waals surface area contributed by atoms with E-state index in [0.29, 0.717) is 12.1 Å². The van der Waals surface area contributed by atoms with Crippen LogP contribution in [-0.4, -0.2) is 95.6 Å². The van der Waals surface area contributed by atoms with Crippen LogP contribution in [0.5, 0.6) is 0 Å². The van der Waals surface area contributed by atoms with Crippen molar-refractivity contribution >= 4 is 22.6 Å². The molecule has 0 aromatic carbocycles. The molecule has 0 spiro atoms. The van der Waals surface area contributed by atoms with Gasteiger partial charge in [-0.25, -0.2) is 4.98 Å². The molecule has 10 heteroatoms. The molecular formula is C32H44N8O2. The third kappa shape index (κ3) is 6.99. The van der Waals surface area contributed by atoms with Crippen LogP contribution in [0, 0.1) is 5.92 Å². The van der Waals surface area contributed by atoms with Crippen molar-refractivity contribution in [2.75, 3.05) is 63.8 Å². The van der Waals surface area contributed by atoms with E-state index in [2.05, 4.69) is 40.3 Å². The van der Waals surface area contributed by atoms with Gasteiger partial charge in [0.2, 0.25) is 0 Å². The Morgan fingerprint density at radius 1 is 0.952 bits per heavy atom. The molecule has 0 radical (unpaired) electrons. The normalized spacial score (nSPS) is 19.8. The maximum absolute atomic E-state index is 12.9. The van der Waals surface area contributed by atoms with E-state index in [4.69, 9.17) is 0 Å². The first-order valence-electron chi connectivity index (χ1n) is 15.7. The number of aromatic amines is 1. The van der Waals surface area contributed by atoms with Crippen molar-refractivity contribution in [1.29, 1.82) is 0 Å². The van der Waals surface area contributed by atoms with Gasteiger partial charge in [0.05, 0.1) is 22.9 Å². The molecule has 0 aliphatic carbocycles. The number of carbonyl (C=O) groups is 1. The zero-order valence-electron chi connectivity index (χ0n) is 24.8. The van der Waals surface area contributed by atoms with E-state index in [1.807, 2.05) is 43.6 Å². The van der Waals surface area contributed by atoms with Crippen LogP contribution in [0.4, 0.5) is 5.69 Å². The van der Waals surface area contributed by atoms with E-state index < -0.39 is 0 Å². The predicted molar refractivity (Wildman–Crippen MR) is 166 cm³/mol. The number of likely N-dealkylation sites (tertiary alicyclic amines) is 1. The number of aryl methyl sites for hydroxylation is 1. The molecule has 6 rings (SSSR count). The van der Waals surface area contributed by atoms with E-state index in [9.17, 15) is 9.59 Å². The molecule has 1 amide bonds. The lowest BCUT2D eigenvalue weighted by Gasteiger charge is -2.36. The van der Waals surface area contributed by atoms with Gasteiger partial charge in [0.25, 0.3) is 11.5 Å². The molecule has 3 fully saturated rings. The monoisotopic (exact) mass is 572 g/mol. The number of hydrogen-bond acceptors (Lipinski definition) is 8. The summed E-state index contributed by atoms with van der Waals surface area (Å²) in [7, 11) is 0. The quantitative estimate of drug-likeness (QED) is 0.378. The Morgan fingerprint density at radius 2 is 1.74 bits per heavy atom. The lowest BCUT2D eigenvalue weighted by molar-refractivity contribution is 0.0897. The lowest BCUT2D eigenvalue weighted by atomic mass is 9.96. The third-order valence-corrected chi connectivity index (χ3v) is 9.23. The highest BCUT2D eigenvalue weighted by Gasteiger charge is 2.25. The molecule has 3 N–H and O–H groups in total. The Kier molecular flexibility index (Phi) is 9.12. The smallest absolute Gasteiger partial charge is 0.270 e. The van der Waals surface area contributed by atoms with Crippen LogP contribution in [-0.2, 0) is 13.0 Å². The van der Waals surface area contributed by atoms with Crippen LogP contribution < -0.4 is 21.1 Å². The minimum Gasteiger partial charge on any atom is -0.368 e. The van der Waals surface area contributed by atoms with Gasteiger partial charge in [-0.3, -0.25) is 19.5 Å². The maximum atomic E-state index is 12.9. The number of amides is 1. The highest BCUT2D eigenvalue weighted by molar-refractivity contribution is 5.92. The number of pyridine rings is 3. The molecule has 0 saturated carbocycles. The second-order valence-electron chi connectivity index (χ2n) is 12.2. The van der Waals surface area contributed by atoms with Crippen LogP contribution >= 0.6 is 0 Å². The van der Waals surface area contributed by atoms with Crippen LogP contribution in [0.1, 0.15) is 54.2 Å². The van der Waals surface area contributed by atoms with Crippen LogP contribution in [0.2, 0.25) is 0 Å². The summed E-state index contributed by atoms with van der Waals surface area (Å²) < 4.78 is 0. The number of carbonyl (C=O) groups excluding carboxylic acids is 1. The first-order chi connectivity index (χ1) is 20.5. The van der Waals surface area contributed by atoms with E-state index in [1.165, 1.54) is 19.4 Å². The van der Waals surface area contributed by atoms with Gasteiger partial charge in [-0.1, -0.05) is 6.92 Å². The molecule has 3 aliphatic heterocycles. The van der Waals surface area contributed by atoms with E-state index >= 15 is 0 Å². The molecule has 0 bridgehead atoms. The number of piperidine rings is 2. The summed E-state index contributed by atoms with van der Waals surface area (Å²) in [5, 5.41) is 6.67. The first kappa shape index (κ1) is 28.8. The molecule has 3 aliphatic rings. The van der Waals surface area contributed by atoms with Crippen molar-refractivity contribution < 1.29 is 4.79 Å². The Balaban J connectivity index is 0.951. The fourth-order valence-corrected chi connectivity index (χ4v) is 6.59. The molecule has 3 aromatic rings. The lowest BCUT2D eigenvalue weighted by Crippen LogP contribution is -2.47. The zero-order chi connectivity index (χ0) is 28.9. The van der Waals surface area contributed by atoms with Gasteiger partial charge >= 0.3 is 0 Å². The van der Waals surface area contributed by atoms with Gasteiger partial charge in [-0.15, -0.1) is 0 Å². The van der Waals surface area contributed by atoms with Crippen molar-refractivity contribution in [3.63, 3.8) is 0 Å². The standard InChI is InChI=1S/C32H44N8O2/c1-2-25-18-29-30(37-31(25)41)17-24(19-34-29)22-39-13-15-40(16-14-39)27-3-4-28(35-20-27)32(42)36-26-7-11-38(12-8-26)21-23-5-9-33-10-6-23/h3-4,17-20,23,26,33H,2,5-16,21-22H2,1H3,(H,36,42)(H,37,41). The average molecular weight is 573 g/mol. The first-order valence-corrected chi connectivity index (χ1v) is 15.7. The third-order valence-electron chi connectivity index (χ3n) is 9.23. The molecule has 6 heterocycles. The number of aromatic nitrogens is 3. The average Bonchev–Trinajstić information content (AvgIpc) is 3.02. The number of nitrogens with one attached hydrogen (secondary N) is 3. The number of fused-ring (bicyclic) bond motifs is 1. The molecular weight excluding hydrogens is 528 g/mol. The topological polar surface area (TPSA) is 109 Å². The molecule has 42 heavy (non-hydrogen) atoms. The van der Waals surface area contributed by atoms with Gasteiger partial charge in [0.15, 0.2) is 0 Å². The number of H-pyrrole nitrogens is 1. The van der Waals surface area contributed by atoms with Crippen LogP contribution in [0.3, 0.4) is 0 Å². The Bertz CT molecular complexity index is 1400. The maximum Gasteiger partial charge on any atom is 0.270 e. The summed E-state index contributed by atoms with van der Waals surface area (Å²) in [5.74, 6) is 0.742. The number of hydrogen-bond donors (Lipinski definition) is 3. The number of rotatable bonds is 8. The summed E-state index contributed by atoms with van der Waals surface area (Å²) in [6.07, 6.45) is 9.02. The minimum atomic E-state index is -0.0700. The van der Waals surface area contributed by atoms with Crippen LogP contribution in [0.25, 0.3) is 11.0 Å². The summed E-state index contributed by atoms with van der Waals surface area (Å²) in [6, 6.07) is 8.03. The number of anilines is 1. The minimum absolute atomic E-state index is 0.0293. The summed E-state index contributed by atoms with van der Waals surface area (Å²) in [6.45, 7) is 12.0. The molecule has 3 aromatic heterocycles. The largest absolute Gasteiger partial charge is 0.368 e. The highest BCUT2D eigenvalue weighted by Crippen LogP contribution is 2.20. The summed E-state index contributed by atoms with van der Waals surface area (Å²) in [4.78, 5) is 44.5. The summed E-state index contributed by atoms with van der Waals surface area (Å²) >= 11 is 0. The fraction of sp³-hybridized carbons (Fsp3) is 0.562. The highest BCUT2D eigenvalue weighted by atomic mass is 16.2. The van der Waals surface area contributed by atoms with Gasteiger partial charge < -0.3 is 25.4 Å². The van der Waals surface area contributed by atoms with Gasteiger partial charge in [-0.05, 0) is 80.9 Å². The molecule has 10 nitrogen and oxygen atoms in total.